The van der Waals surface area contributed by atoms with E-state index in [0.29, 0.717) is 6.54 Å². The first-order chi connectivity index (χ1) is 9.76. The zero-order valence-electron chi connectivity index (χ0n) is 12.4. The summed E-state index contributed by atoms with van der Waals surface area (Å²) in [5.74, 6) is 0. The Kier molecular flexibility index (Phi) is 8.47. The Morgan fingerprint density at radius 1 is 1.25 bits per heavy atom. The Balaban J connectivity index is 2.20. The maximum Gasteiger partial charge on any atom is 0.315 e. The molecule has 0 aliphatic carbocycles. The van der Waals surface area contributed by atoms with Gasteiger partial charge in [0.2, 0.25) is 0 Å². The molecule has 0 heterocycles. The lowest BCUT2D eigenvalue weighted by atomic mass is 10.0. The summed E-state index contributed by atoms with van der Waals surface area (Å²) in [7, 11) is 0. The number of nitrogens with one attached hydrogen (secondary N) is 2. The summed E-state index contributed by atoms with van der Waals surface area (Å²) in [5.41, 5.74) is 7.04. The van der Waals surface area contributed by atoms with Gasteiger partial charge in [0.1, 0.15) is 0 Å². The van der Waals surface area contributed by atoms with Crippen molar-refractivity contribution in [2.45, 2.75) is 45.1 Å². The van der Waals surface area contributed by atoms with E-state index in [9.17, 15) is 4.79 Å². The van der Waals surface area contributed by atoms with Gasteiger partial charge < -0.3 is 16.4 Å². The molecule has 112 valence electrons. The number of unbranched alkanes of at least 4 members (excludes halogenated alkanes) is 1. The number of nitrogens with two attached hydrogens (primary N) is 1. The van der Waals surface area contributed by atoms with Crippen molar-refractivity contribution >= 4 is 6.03 Å². The summed E-state index contributed by atoms with van der Waals surface area (Å²) in [6.07, 6.45) is 5.05. The second kappa shape index (κ2) is 10.3. The van der Waals surface area contributed by atoms with Crippen molar-refractivity contribution in [3.8, 4) is 0 Å². The fourth-order valence-corrected chi connectivity index (χ4v) is 2.06. The Hall–Kier alpha value is -1.55. The van der Waals surface area contributed by atoms with E-state index in [1.807, 2.05) is 6.07 Å². The van der Waals surface area contributed by atoms with Crippen LogP contribution in [0.25, 0.3) is 0 Å². The smallest absolute Gasteiger partial charge is 0.315 e. The third kappa shape index (κ3) is 7.14. The number of carbonyl (C=O) groups excluding carboxylic acids is 1. The van der Waals surface area contributed by atoms with Crippen molar-refractivity contribution in [3.63, 3.8) is 0 Å². The van der Waals surface area contributed by atoms with Crippen LogP contribution in [-0.4, -0.2) is 25.2 Å². The molecule has 0 aliphatic heterocycles. The van der Waals surface area contributed by atoms with Crippen molar-refractivity contribution in [1.29, 1.82) is 0 Å². The molecule has 0 fully saturated rings. The zero-order chi connectivity index (χ0) is 14.6. The molecule has 1 atom stereocenters. The average molecular weight is 277 g/mol. The quantitative estimate of drug-likeness (QED) is 0.607. The topological polar surface area (TPSA) is 67.2 Å². The molecular weight excluding hydrogens is 250 g/mol. The molecule has 0 bridgehead atoms. The molecule has 0 aromatic heterocycles. The lowest BCUT2D eigenvalue weighted by molar-refractivity contribution is 0.236. The van der Waals surface area contributed by atoms with Crippen LogP contribution >= 0.6 is 0 Å². The first-order valence-electron chi connectivity index (χ1n) is 7.54. The molecule has 2 amide bonds. The molecule has 0 unspecified atom stereocenters. The minimum Gasteiger partial charge on any atom is -0.338 e. The van der Waals surface area contributed by atoms with Crippen LogP contribution in [-0.2, 0) is 6.42 Å². The first-order valence-corrected chi connectivity index (χ1v) is 7.54. The number of aryl methyl sites for hydroxylation is 1. The van der Waals surface area contributed by atoms with Crippen LogP contribution in [0.2, 0.25) is 0 Å². The molecule has 4 heteroatoms. The van der Waals surface area contributed by atoms with Crippen LogP contribution in [0.3, 0.4) is 0 Å². The van der Waals surface area contributed by atoms with E-state index in [0.717, 1.165) is 38.6 Å². The highest BCUT2D eigenvalue weighted by Crippen LogP contribution is 2.06. The molecule has 0 spiro atoms. The standard InChI is InChI=1S/C16H27N3O/c1-2-3-12-18-16(20)19-15(13-17)11-7-10-14-8-5-4-6-9-14/h4-6,8-9,15H,2-3,7,10-13,17H2,1H3,(H2,18,19,20)/t15-/m0/s1. The van der Waals surface area contributed by atoms with Crippen LogP contribution in [0.5, 0.6) is 0 Å². The largest absolute Gasteiger partial charge is 0.338 e. The van der Waals surface area contributed by atoms with E-state index in [2.05, 4.69) is 41.8 Å². The third-order valence-electron chi connectivity index (χ3n) is 3.30. The van der Waals surface area contributed by atoms with Gasteiger partial charge in [-0.25, -0.2) is 4.79 Å². The lowest BCUT2D eigenvalue weighted by Crippen LogP contribution is -2.45. The van der Waals surface area contributed by atoms with Crippen LogP contribution in [0, 0.1) is 0 Å². The molecule has 1 rings (SSSR count). The maximum absolute atomic E-state index is 11.6. The van der Waals surface area contributed by atoms with E-state index in [1.165, 1.54) is 5.56 Å². The fraction of sp³-hybridized carbons (Fsp3) is 0.562. The summed E-state index contributed by atoms with van der Waals surface area (Å²) in [6.45, 7) is 3.31. The summed E-state index contributed by atoms with van der Waals surface area (Å²) < 4.78 is 0. The number of urea groups is 1. The van der Waals surface area contributed by atoms with Crippen LogP contribution in [0.4, 0.5) is 4.79 Å². The highest BCUT2D eigenvalue weighted by Gasteiger charge is 2.09. The van der Waals surface area contributed by atoms with Gasteiger partial charge in [0.05, 0.1) is 0 Å². The molecule has 0 saturated carbocycles. The van der Waals surface area contributed by atoms with Gasteiger partial charge in [-0.1, -0.05) is 43.7 Å². The van der Waals surface area contributed by atoms with E-state index in [-0.39, 0.29) is 12.1 Å². The van der Waals surface area contributed by atoms with Gasteiger partial charge in [-0.2, -0.15) is 0 Å². The van der Waals surface area contributed by atoms with Crippen molar-refractivity contribution < 1.29 is 4.79 Å². The van der Waals surface area contributed by atoms with Crippen LogP contribution in [0.15, 0.2) is 30.3 Å². The van der Waals surface area contributed by atoms with E-state index >= 15 is 0 Å². The lowest BCUT2D eigenvalue weighted by Gasteiger charge is -2.17. The van der Waals surface area contributed by atoms with E-state index < -0.39 is 0 Å². The first kappa shape index (κ1) is 16.5. The Morgan fingerprint density at radius 2 is 2.00 bits per heavy atom. The Morgan fingerprint density at radius 3 is 2.65 bits per heavy atom. The van der Waals surface area contributed by atoms with Gasteiger partial charge in [-0.3, -0.25) is 0 Å². The number of hydrogen-bond acceptors (Lipinski definition) is 2. The molecule has 4 nitrogen and oxygen atoms in total. The fourth-order valence-electron chi connectivity index (χ4n) is 2.06. The molecular formula is C16H27N3O. The third-order valence-corrected chi connectivity index (χ3v) is 3.30. The Labute approximate surface area is 122 Å². The van der Waals surface area contributed by atoms with Crippen molar-refractivity contribution in [3.05, 3.63) is 35.9 Å². The minimum atomic E-state index is -0.103. The highest BCUT2D eigenvalue weighted by molar-refractivity contribution is 5.74. The zero-order valence-corrected chi connectivity index (χ0v) is 12.4. The predicted octanol–water partition coefficient (Wildman–Crippen LogP) is 2.44. The second-order valence-electron chi connectivity index (χ2n) is 5.06. The molecule has 1 aromatic carbocycles. The van der Waals surface area contributed by atoms with E-state index in [4.69, 9.17) is 5.73 Å². The summed E-state index contributed by atoms with van der Waals surface area (Å²) >= 11 is 0. The normalized spacial score (nSPS) is 11.9. The number of benzene rings is 1. The molecule has 0 aliphatic rings. The monoisotopic (exact) mass is 277 g/mol. The van der Waals surface area contributed by atoms with E-state index in [1.54, 1.807) is 0 Å². The van der Waals surface area contributed by atoms with Crippen molar-refractivity contribution in [2.24, 2.45) is 5.73 Å². The van der Waals surface area contributed by atoms with Gasteiger partial charge >= 0.3 is 6.03 Å². The molecule has 0 radical (unpaired) electrons. The predicted molar refractivity (Wildman–Crippen MR) is 83.7 cm³/mol. The SMILES string of the molecule is CCCCNC(=O)N[C@H](CN)CCCc1ccccc1. The minimum absolute atomic E-state index is 0.0559. The van der Waals surface area contributed by atoms with Crippen LogP contribution in [0.1, 0.15) is 38.2 Å². The van der Waals surface area contributed by atoms with Gasteiger partial charge in [0.25, 0.3) is 0 Å². The molecule has 4 N–H and O–H groups in total. The van der Waals surface area contributed by atoms with Crippen molar-refractivity contribution in [1.82, 2.24) is 10.6 Å². The van der Waals surface area contributed by atoms with Gasteiger partial charge in [-0.05, 0) is 31.2 Å². The summed E-state index contributed by atoms with van der Waals surface area (Å²) in [6, 6.07) is 10.3. The highest BCUT2D eigenvalue weighted by atomic mass is 16.2. The summed E-state index contributed by atoms with van der Waals surface area (Å²) in [5, 5.41) is 5.79. The van der Waals surface area contributed by atoms with Gasteiger partial charge in [0, 0.05) is 19.1 Å². The molecule has 20 heavy (non-hydrogen) atoms. The average Bonchev–Trinajstić information content (AvgIpc) is 2.47. The second-order valence-corrected chi connectivity index (χ2v) is 5.06. The summed E-state index contributed by atoms with van der Waals surface area (Å²) in [4.78, 5) is 11.6. The van der Waals surface area contributed by atoms with Crippen molar-refractivity contribution in [2.75, 3.05) is 13.1 Å². The Bertz CT molecular complexity index is 367. The molecule has 0 saturated heterocycles. The number of hydrogen-bond donors (Lipinski definition) is 3. The van der Waals surface area contributed by atoms with Gasteiger partial charge in [-0.15, -0.1) is 0 Å². The molecule has 1 aromatic rings. The maximum atomic E-state index is 11.6. The van der Waals surface area contributed by atoms with Gasteiger partial charge in [0.15, 0.2) is 0 Å². The van der Waals surface area contributed by atoms with Crippen LogP contribution < -0.4 is 16.4 Å². The number of amides is 2. The number of carbonyl (C=O) groups is 1. The number of rotatable bonds is 9.